The van der Waals surface area contributed by atoms with Gasteiger partial charge in [-0.1, -0.05) is 6.07 Å². The number of aromatic nitrogens is 1. The van der Waals surface area contributed by atoms with Crippen LogP contribution in [0, 0.1) is 0 Å². The predicted molar refractivity (Wildman–Crippen MR) is 92.6 cm³/mol. The van der Waals surface area contributed by atoms with Crippen LogP contribution in [0.1, 0.15) is 45.2 Å². The van der Waals surface area contributed by atoms with Gasteiger partial charge in [-0.15, -0.1) is 0 Å². The summed E-state index contributed by atoms with van der Waals surface area (Å²) < 4.78 is 4.62. The van der Waals surface area contributed by atoms with Crippen molar-refractivity contribution in [3.05, 3.63) is 59.4 Å². The number of anilines is 1. The fourth-order valence-electron chi connectivity index (χ4n) is 2.03. The van der Waals surface area contributed by atoms with Gasteiger partial charge in [0.05, 0.1) is 12.7 Å². The number of rotatable bonds is 5. The first-order chi connectivity index (χ1) is 11.9. The first kappa shape index (κ1) is 18.1. The average molecular weight is 341 g/mol. The third-order valence-electron chi connectivity index (χ3n) is 3.20. The van der Waals surface area contributed by atoms with Gasteiger partial charge in [0.25, 0.3) is 11.8 Å². The zero-order valence-corrected chi connectivity index (χ0v) is 14.2. The molecule has 2 amide bonds. The summed E-state index contributed by atoms with van der Waals surface area (Å²) in [5, 5.41) is 5.38. The predicted octanol–water partition coefficient (Wildman–Crippen LogP) is 2.26. The lowest BCUT2D eigenvalue weighted by atomic mass is 10.2. The fraction of sp³-hybridized carbons (Fsp3) is 0.222. The van der Waals surface area contributed by atoms with Crippen molar-refractivity contribution in [2.75, 3.05) is 12.4 Å². The average Bonchev–Trinajstić information content (AvgIpc) is 2.61. The molecule has 0 bridgehead atoms. The number of nitrogens with one attached hydrogen (secondary N) is 2. The number of nitrogens with zero attached hydrogens (tertiary/aromatic N) is 1. The minimum Gasteiger partial charge on any atom is -0.465 e. The van der Waals surface area contributed by atoms with E-state index in [1.54, 1.807) is 36.4 Å². The summed E-state index contributed by atoms with van der Waals surface area (Å²) in [6.45, 7) is 3.68. The number of pyridine rings is 1. The van der Waals surface area contributed by atoms with E-state index in [0.29, 0.717) is 11.3 Å². The van der Waals surface area contributed by atoms with E-state index in [1.807, 2.05) is 13.8 Å². The second-order valence-electron chi connectivity index (χ2n) is 5.56. The Labute approximate surface area is 145 Å². The van der Waals surface area contributed by atoms with Gasteiger partial charge in [-0.2, -0.15) is 0 Å². The minimum atomic E-state index is -0.455. The minimum absolute atomic E-state index is 0.0277. The van der Waals surface area contributed by atoms with Crippen LogP contribution in [0.4, 0.5) is 5.69 Å². The number of hydrogen-bond donors (Lipinski definition) is 2. The molecule has 0 aliphatic heterocycles. The Kier molecular flexibility index (Phi) is 5.84. The van der Waals surface area contributed by atoms with E-state index < -0.39 is 11.9 Å². The number of hydrogen-bond acceptors (Lipinski definition) is 5. The topological polar surface area (TPSA) is 97.4 Å². The highest BCUT2D eigenvalue weighted by Crippen LogP contribution is 2.12. The van der Waals surface area contributed by atoms with Crippen LogP contribution in [0.3, 0.4) is 0 Å². The van der Waals surface area contributed by atoms with E-state index in [-0.39, 0.29) is 23.3 Å². The van der Waals surface area contributed by atoms with Gasteiger partial charge in [-0.25, -0.2) is 9.78 Å². The molecule has 7 nitrogen and oxygen atoms in total. The van der Waals surface area contributed by atoms with E-state index in [0.717, 1.165) is 0 Å². The Balaban J connectivity index is 2.10. The standard InChI is InChI=1S/C18H19N3O4/c1-11(2)19-16(22)14-5-4-6-15(21-14)17(23)20-13-9-7-12(8-10-13)18(24)25-3/h4-11H,1-3H3,(H,19,22)(H,20,23). The van der Waals surface area contributed by atoms with E-state index >= 15 is 0 Å². The Bertz CT molecular complexity index is 785. The molecule has 1 aromatic heterocycles. The molecule has 25 heavy (non-hydrogen) atoms. The highest BCUT2D eigenvalue weighted by atomic mass is 16.5. The van der Waals surface area contributed by atoms with Gasteiger partial charge in [0, 0.05) is 11.7 Å². The van der Waals surface area contributed by atoms with Gasteiger partial charge in [-0.05, 0) is 50.2 Å². The van der Waals surface area contributed by atoms with Gasteiger partial charge in [0.1, 0.15) is 11.4 Å². The second kappa shape index (κ2) is 8.05. The smallest absolute Gasteiger partial charge is 0.337 e. The number of esters is 1. The van der Waals surface area contributed by atoms with Gasteiger partial charge in [-0.3, -0.25) is 9.59 Å². The lowest BCUT2D eigenvalue weighted by molar-refractivity contribution is 0.0600. The maximum atomic E-state index is 12.3. The Morgan fingerprint density at radius 1 is 0.960 bits per heavy atom. The van der Waals surface area contributed by atoms with Crippen molar-refractivity contribution in [3.63, 3.8) is 0 Å². The lowest BCUT2D eigenvalue weighted by Crippen LogP contribution is -2.31. The first-order valence-electron chi connectivity index (χ1n) is 7.68. The molecule has 130 valence electrons. The maximum Gasteiger partial charge on any atom is 0.337 e. The van der Waals surface area contributed by atoms with Crippen LogP contribution in [0.2, 0.25) is 0 Å². The van der Waals surface area contributed by atoms with E-state index in [9.17, 15) is 14.4 Å². The number of methoxy groups -OCH3 is 1. The zero-order valence-electron chi connectivity index (χ0n) is 14.2. The summed E-state index contributed by atoms with van der Waals surface area (Å²) in [6.07, 6.45) is 0. The summed E-state index contributed by atoms with van der Waals surface area (Å²) in [7, 11) is 1.30. The Morgan fingerprint density at radius 2 is 1.56 bits per heavy atom. The van der Waals surface area contributed by atoms with Gasteiger partial charge in [0.15, 0.2) is 0 Å². The normalized spacial score (nSPS) is 10.2. The van der Waals surface area contributed by atoms with E-state index in [4.69, 9.17) is 0 Å². The van der Waals surface area contributed by atoms with Crippen LogP contribution in [-0.4, -0.2) is 35.9 Å². The van der Waals surface area contributed by atoms with E-state index in [1.165, 1.54) is 13.2 Å². The number of carbonyl (C=O) groups is 3. The molecule has 1 heterocycles. The number of ether oxygens (including phenoxy) is 1. The molecule has 2 rings (SSSR count). The fourth-order valence-corrected chi connectivity index (χ4v) is 2.03. The summed E-state index contributed by atoms with van der Waals surface area (Å²) in [5.41, 5.74) is 1.17. The van der Waals surface area contributed by atoms with Gasteiger partial charge < -0.3 is 15.4 Å². The van der Waals surface area contributed by atoms with Crippen LogP contribution < -0.4 is 10.6 Å². The summed E-state index contributed by atoms with van der Waals surface area (Å²) in [4.78, 5) is 39.7. The summed E-state index contributed by atoms with van der Waals surface area (Å²) >= 11 is 0. The third kappa shape index (κ3) is 4.87. The van der Waals surface area contributed by atoms with Crippen molar-refractivity contribution in [2.24, 2.45) is 0 Å². The van der Waals surface area contributed by atoms with Crippen LogP contribution in [-0.2, 0) is 4.74 Å². The van der Waals surface area contributed by atoms with Crippen LogP contribution in [0.15, 0.2) is 42.5 Å². The molecular weight excluding hydrogens is 322 g/mol. The molecule has 0 saturated carbocycles. The molecule has 0 aliphatic rings. The second-order valence-corrected chi connectivity index (χ2v) is 5.56. The molecule has 1 aromatic carbocycles. The third-order valence-corrected chi connectivity index (χ3v) is 3.20. The maximum absolute atomic E-state index is 12.3. The van der Waals surface area contributed by atoms with Crippen molar-refractivity contribution >= 4 is 23.5 Å². The molecular formula is C18H19N3O4. The Morgan fingerprint density at radius 3 is 2.12 bits per heavy atom. The van der Waals surface area contributed by atoms with Crippen molar-refractivity contribution in [1.29, 1.82) is 0 Å². The number of benzene rings is 1. The molecule has 2 N–H and O–H groups in total. The summed E-state index contributed by atoms with van der Waals surface area (Å²) in [6, 6.07) is 10.9. The molecule has 0 radical (unpaired) electrons. The molecule has 0 atom stereocenters. The van der Waals surface area contributed by atoms with Crippen molar-refractivity contribution in [2.45, 2.75) is 19.9 Å². The molecule has 0 aliphatic carbocycles. The monoisotopic (exact) mass is 341 g/mol. The molecule has 2 aromatic rings. The van der Waals surface area contributed by atoms with Crippen LogP contribution >= 0.6 is 0 Å². The van der Waals surface area contributed by atoms with Crippen molar-refractivity contribution in [1.82, 2.24) is 10.3 Å². The Hall–Kier alpha value is -3.22. The lowest BCUT2D eigenvalue weighted by Gasteiger charge is -2.09. The van der Waals surface area contributed by atoms with Crippen LogP contribution in [0.25, 0.3) is 0 Å². The van der Waals surface area contributed by atoms with Gasteiger partial charge >= 0.3 is 5.97 Å². The van der Waals surface area contributed by atoms with Crippen molar-refractivity contribution < 1.29 is 19.1 Å². The first-order valence-corrected chi connectivity index (χ1v) is 7.68. The van der Waals surface area contributed by atoms with Crippen molar-refractivity contribution in [3.8, 4) is 0 Å². The molecule has 0 spiro atoms. The summed E-state index contributed by atoms with van der Waals surface area (Å²) in [5.74, 6) is -1.25. The number of amides is 2. The molecule has 0 saturated heterocycles. The molecule has 0 unspecified atom stereocenters. The highest BCUT2D eigenvalue weighted by molar-refractivity contribution is 6.04. The van der Waals surface area contributed by atoms with Crippen LogP contribution in [0.5, 0.6) is 0 Å². The largest absolute Gasteiger partial charge is 0.465 e. The number of carbonyl (C=O) groups excluding carboxylic acids is 3. The van der Waals surface area contributed by atoms with E-state index in [2.05, 4.69) is 20.4 Å². The molecule has 0 fully saturated rings. The SMILES string of the molecule is COC(=O)c1ccc(NC(=O)c2cccc(C(=O)NC(C)C)n2)cc1. The highest BCUT2D eigenvalue weighted by Gasteiger charge is 2.13. The molecule has 7 heteroatoms. The zero-order chi connectivity index (χ0) is 18.4. The quantitative estimate of drug-likeness (QED) is 0.813. The van der Waals surface area contributed by atoms with Gasteiger partial charge in [0.2, 0.25) is 0 Å².